The van der Waals surface area contributed by atoms with Crippen molar-refractivity contribution in [2.24, 2.45) is 5.92 Å². The first-order valence-corrected chi connectivity index (χ1v) is 9.72. The Morgan fingerprint density at radius 1 is 1.17 bits per heavy atom. The maximum atomic E-state index is 13.4. The van der Waals surface area contributed by atoms with Crippen molar-refractivity contribution < 1.29 is 23.5 Å². The van der Waals surface area contributed by atoms with Crippen molar-refractivity contribution in [3.63, 3.8) is 0 Å². The van der Waals surface area contributed by atoms with E-state index < -0.39 is 6.09 Å². The lowest BCUT2D eigenvalue weighted by Crippen LogP contribution is -2.25. The molecule has 154 valence electrons. The van der Waals surface area contributed by atoms with E-state index >= 15 is 0 Å². The molecular weight excluding hydrogens is 391 g/mol. The van der Waals surface area contributed by atoms with Crippen LogP contribution in [0.4, 0.5) is 20.7 Å². The second kappa shape index (κ2) is 7.42. The van der Waals surface area contributed by atoms with Gasteiger partial charge < -0.3 is 14.8 Å². The summed E-state index contributed by atoms with van der Waals surface area (Å²) in [4.78, 5) is 26.5. The highest BCUT2D eigenvalue weighted by atomic mass is 19.1. The highest BCUT2D eigenvalue weighted by molar-refractivity contribution is 6.10. The van der Waals surface area contributed by atoms with Crippen LogP contribution in [0.2, 0.25) is 0 Å². The van der Waals surface area contributed by atoms with Crippen LogP contribution in [0, 0.1) is 11.7 Å². The number of fused-ring (bicyclic) bond motifs is 1. The van der Waals surface area contributed by atoms with E-state index in [2.05, 4.69) is 10.4 Å². The molecule has 0 saturated carbocycles. The van der Waals surface area contributed by atoms with Crippen LogP contribution in [-0.2, 0) is 14.3 Å². The summed E-state index contributed by atoms with van der Waals surface area (Å²) in [6.07, 6.45) is 0.201. The van der Waals surface area contributed by atoms with Crippen LogP contribution in [0.15, 0.2) is 42.5 Å². The van der Waals surface area contributed by atoms with Crippen molar-refractivity contribution >= 4 is 34.4 Å². The summed E-state index contributed by atoms with van der Waals surface area (Å²) in [5.74, 6) is -0.455. The molecule has 2 aromatic carbocycles. The molecule has 2 aliphatic rings. The Labute approximate surface area is 171 Å². The largest absolute Gasteiger partial charge is 0.447 e. The van der Waals surface area contributed by atoms with Crippen molar-refractivity contribution in [3.05, 3.63) is 48.3 Å². The fourth-order valence-electron chi connectivity index (χ4n) is 3.82. The maximum Gasteiger partial charge on any atom is 0.414 e. The molecule has 0 radical (unpaired) electrons. The molecule has 1 unspecified atom stereocenters. The Morgan fingerprint density at radius 3 is 2.70 bits per heavy atom. The minimum atomic E-state index is -0.446. The summed E-state index contributed by atoms with van der Waals surface area (Å²) in [5, 5.41) is 8.12. The van der Waals surface area contributed by atoms with Crippen molar-refractivity contribution in [2.75, 3.05) is 36.6 Å². The number of hydrogen-bond acceptors (Lipinski definition) is 5. The number of nitrogens with one attached hydrogen (secondary N) is 1. The number of carbonyl (C=O) groups is 2. The Hall–Kier alpha value is -3.46. The summed E-state index contributed by atoms with van der Waals surface area (Å²) < 4.78 is 25.5. The van der Waals surface area contributed by atoms with E-state index in [9.17, 15) is 14.0 Å². The molecule has 3 heterocycles. The fraction of sp³-hybridized carbons (Fsp3) is 0.286. The molecule has 3 aromatic rings. The van der Waals surface area contributed by atoms with Gasteiger partial charge in [0.15, 0.2) is 5.82 Å². The van der Waals surface area contributed by atoms with E-state index in [0.29, 0.717) is 60.9 Å². The molecule has 0 bridgehead atoms. The Morgan fingerprint density at radius 2 is 2.00 bits per heavy atom. The molecule has 1 N–H and O–H groups in total. The second-order valence-corrected chi connectivity index (χ2v) is 7.22. The monoisotopic (exact) mass is 410 g/mol. The van der Waals surface area contributed by atoms with Gasteiger partial charge >= 0.3 is 6.09 Å². The lowest BCUT2D eigenvalue weighted by Gasteiger charge is -2.15. The Balaban J connectivity index is 1.65. The number of ether oxygens (including phenoxy) is 2. The molecular formula is C21H19FN4O4. The zero-order valence-corrected chi connectivity index (χ0v) is 16.0. The normalized spacial score (nSPS) is 18.8. The molecule has 30 heavy (non-hydrogen) atoms. The quantitative estimate of drug-likeness (QED) is 0.714. The molecule has 2 amide bonds. The van der Waals surface area contributed by atoms with Crippen LogP contribution in [0.3, 0.4) is 0 Å². The molecule has 8 nitrogen and oxygen atoms in total. The van der Waals surface area contributed by atoms with E-state index in [4.69, 9.17) is 9.47 Å². The van der Waals surface area contributed by atoms with Crippen LogP contribution in [-0.4, -0.2) is 48.1 Å². The van der Waals surface area contributed by atoms with Gasteiger partial charge in [-0.15, -0.1) is 5.10 Å². The molecule has 5 rings (SSSR count). The molecule has 2 aliphatic heterocycles. The number of carbonyl (C=O) groups excluding carboxylic acids is 2. The van der Waals surface area contributed by atoms with Crippen molar-refractivity contribution in [1.29, 1.82) is 0 Å². The van der Waals surface area contributed by atoms with Gasteiger partial charge in [-0.3, -0.25) is 9.69 Å². The minimum Gasteiger partial charge on any atom is -0.447 e. The number of hydrogen-bond donors (Lipinski definition) is 1. The van der Waals surface area contributed by atoms with E-state index in [1.54, 1.807) is 28.9 Å². The topological polar surface area (TPSA) is 85.7 Å². The van der Waals surface area contributed by atoms with E-state index in [0.717, 1.165) is 0 Å². The number of rotatable bonds is 4. The smallest absolute Gasteiger partial charge is 0.414 e. The maximum absolute atomic E-state index is 13.4. The number of halogens is 1. The summed E-state index contributed by atoms with van der Waals surface area (Å²) >= 11 is 0. The van der Waals surface area contributed by atoms with Crippen molar-refractivity contribution in [3.8, 4) is 5.69 Å². The van der Waals surface area contributed by atoms with Gasteiger partial charge in [0.2, 0.25) is 5.91 Å². The first-order valence-electron chi connectivity index (χ1n) is 9.72. The summed E-state index contributed by atoms with van der Waals surface area (Å²) in [5.41, 5.74) is 1.91. The van der Waals surface area contributed by atoms with Crippen molar-refractivity contribution in [2.45, 2.75) is 6.42 Å². The van der Waals surface area contributed by atoms with Gasteiger partial charge in [-0.1, -0.05) is 6.07 Å². The fourth-order valence-corrected chi connectivity index (χ4v) is 3.82. The molecule has 2 saturated heterocycles. The van der Waals surface area contributed by atoms with Gasteiger partial charge in [-0.25, -0.2) is 13.9 Å². The molecule has 0 aliphatic carbocycles. The SMILES string of the molecule is O=C(Nc1nn(-c2ccc(F)cc2)c2cccc(N3CCOC3=O)c12)C1CCOC1. The summed E-state index contributed by atoms with van der Waals surface area (Å²) in [6, 6.07) is 11.3. The highest BCUT2D eigenvalue weighted by Crippen LogP contribution is 2.36. The Bertz CT molecular complexity index is 1120. The molecule has 2 fully saturated rings. The van der Waals surface area contributed by atoms with Gasteiger partial charge in [0, 0.05) is 6.61 Å². The molecule has 1 aromatic heterocycles. The number of nitrogens with zero attached hydrogens (tertiary/aromatic N) is 3. The third-order valence-electron chi connectivity index (χ3n) is 5.35. The number of aromatic nitrogens is 2. The first-order chi connectivity index (χ1) is 14.6. The van der Waals surface area contributed by atoms with E-state index in [1.807, 2.05) is 6.07 Å². The van der Waals surface area contributed by atoms with Crippen molar-refractivity contribution in [1.82, 2.24) is 9.78 Å². The zero-order chi connectivity index (χ0) is 20.7. The number of benzene rings is 2. The Kier molecular flexibility index (Phi) is 4.59. The van der Waals surface area contributed by atoms with Gasteiger partial charge in [-0.05, 0) is 42.8 Å². The molecule has 0 spiro atoms. The van der Waals surface area contributed by atoms with Gasteiger partial charge in [0.05, 0.1) is 41.3 Å². The predicted molar refractivity (Wildman–Crippen MR) is 107 cm³/mol. The van der Waals surface area contributed by atoms with Gasteiger partial charge in [0.1, 0.15) is 12.4 Å². The minimum absolute atomic E-state index is 0.183. The predicted octanol–water partition coefficient (Wildman–Crippen LogP) is 3.10. The zero-order valence-electron chi connectivity index (χ0n) is 16.0. The third-order valence-corrected chi connectivity index (χ3v) is 5.35. The number of amides is 2. The van der Waals surface area contributed by atoms with Crippen LogP contribution >= 0.6 is 0 Å². The van der Waals surface area contributed by atoms with Gasteiger partial charge in [-0.2, -0.15) is 0 Å². The third kappa shape index (κ3) is 3.17. The van der Waals surface area contributed by atoms with E-state index in [-0.39, 0.29) is 17.6 Å². The highest BCUT2D eigenvalue weighted by Gasteiger charge is 2.30. The first kappa shape index (κ1) is 18.6. The summed E-state index contributed by atoms with van der Waals surface area (Å²) in [6.45, 7) is 1.62. The standard InChI is InChI=1S/C21H19FN4O4/c22-14-4-6-15(7-5-14)26-17-3-1-2-16(25-9-11-30-21(25)28)18(17)19(24-26)23-20(27)13-8-10-29-12-13/h1-7,13H,8-12H2,(H,23,24,27). The van der Waals surface area contributed by atoms with Crippen LogP contribution in [0.25, 0.3) is 16.6 Å². The van der Waals surface area contributed by atoms with E-state index in [1.165, 1.54) is 17.0 Å². The second-order valence-electron chi connectivity index (χ2n) is 7.22. The lowest BCUT2D eigenvalue weighted by molar-refractivity contribution is -0.119. The van der Waals surface area contributed by atoms with Gasteiger partial charge in [0.25, 0.3) is 0 Å². The molecule has 1 atom stereocenters. The summed E-state index contributed by atoms with van der Waals surface area (Å²) in [7, 11) is 0. The van der Waals surface area contributed by atoms with Crippen LogP contribution < -0.4 is 10.2 Å². The average Bonchev–Trinajstić information content (AvgIpc) is 3.49. The average molecular weight is 410 g/mol. The van der Waals surface area contributed by atoms with Crippen LogP contribution in [0.1, 0.15) is 6.42 Å². The molecule has 9 heteroatoms. The number of cyclic esters (lactones) is 1. The lowest BCUT2D eigenvalue weighted by atomic mass is 10.1. The number of anilines is 2. The van der Waals surface area contributed by atoms with Crippen LogP contribution in [0.5, 0.6) is 0 Å².